The molecule has 1 aliphatic rings. The van der Waals surface area contributed by atoms with Gasteiger partial charge >= 0.3 is 0 Å². The topological polar surface area (TPSA) is 12.4 Å². The molecule has 1 aliphatic carbocycles. The molecule has 0 bridgehead atoms. The molecule has 0 spiro atoms. The van der Waals surface area contributed by atoms with Crippen LogP contribution in [0.1, 0.15) is 28.8 Å². The van der Waals surface area contributed by atoms with Gasteiger partial charge in [0.15, 0.2) is 0 Å². The van der Waals surface area contributed by atoms with E-state index in [9.17, 15) is 8.78 Å². The van der Waals surface area contributed by atoms with Crippen molar-refractivity contribution in [3.63, 3.8) is 0 Å². The Morgan fingerprint density at radius 1 is 0.967 bits per heavy atom. The van der Waals surface area contributed by atoms with E-state index < -0.39 is 11.6 Å². The third-order valence-corrected chi connectivity index (χ3v) is 6.21. The highest BCUT2D eigenvalue weighted by Gasteiger charge is 2.15. The molecule has 30 heavy (non-hydrogen) atoms. The molecule has 0 aliphatic heterocycles. The molecule has 4 rings (SSSR count). The summed E-state index contributed by atoms with van der Waals surface area (Å²) in [5.74, 6) is 4.73. The van der Waals surface area contributed by atoms with E-state index in [-0.39, 0.29) is 5.56 Å². The summed E-state index contributed by atoms with van der Waals surface area (Å²) in [5, 5.41) is 2.29. The fourth-order valence-electron chi connectivity index (χ4n) is 3.41. The molecular formula is C25H17F2NS2. The van der Waals surface area contributed by atoms with Gasteiger partial charge in [-0.1, -0.05) is 24.0 Å². The first-order valence-corrected chi connectivity index (χ1v) is 10.8. The second-order valence-electron chi connectivity index (χ2n) is 7.09. The van der Waals surface area contributed by atoms with E-state index in [0.29, 0.717) is 22.7 Å². The van der Waals surface area contributed by atoms with Crippen LogP contribution in [0.25, 0.3) is 10.4 Å². The smallest absolute Gasteiger partial charge is 0.142 e. The van der Waals surface area contributed by atoms with Crippen LogP contribution in [0.2, 0.25) is 0 Å². The first kappa shape index (κ1) is 20.4. The van der Waals surface area contributed by atoms with Gasteiger partial charge in [0.1, 0.15) is 11.6 Å². The van der Waals surface area contributed by atoms with Crippen LogP contribution in [-0.4, -0.2) is 5.16 Å². The third kappa shape index (κ3) is 4.80. The number of thiophene rings is 1. The number of aliphatic imine (C=N–C) groups is 1. The van der Waals surface area contributed by atoms with Gasteiger partial charge in [-0.2, -0.15) is 4.99 Å². The SMILES string of the molecule is Fc1cc(-c2ccc(CC3CC=CC3)s2)cc(F)c1C#Cc1ccc(N=C=S)cc1. The molecular weight excluding hydrogens is 416 g/mol. The van der Waals surface area contributed by atoms with Gasteiger partial charge in [-0.15, -0.1) is 11.3 Å². The Kier molecular flexibility index (Phi) is 6.30. The van der Waals surface area contributed by atoms with Crippen molar-refractivity contribution in [2.45, 2.75) is 19.3 Å². The maximum absolute atomic E-state index is 14.6. The van der Waals surface area contributed by atoms with Crippen LogP contribution in [0, 0.1) is 29.4 Å². The van der Waals surface area contributed by atoms with E-state index in [4.69, 9.17) is 0 Å². The Balaban J connectivity index is 1.54. The van der Waals surface area contributed by atoms with Crippen molar-refractivity contribution >= 4 is 34.4 Å². The molecule has 3 aromatic rings. The monoisotopic (exact) mass is 433 g/mol. The van der Waals surface area contributed by atoms with E-state index >= 15 is 0 Å². The lowest BCUT2D eigenvalue weighted by molar-refractivity contribution is 0.572. The average Bonchev–Trinajstić information content (AvgIpc) is 3.41. The van der Waals surface area contributed by atoms with E-state index in [2.05, 4.69) is 52.4 Å². The molecule has 148 valence electrons. The molecule has 1 aromatic heterocycles. The van der Waals surface area contributed by atoms with Gasteiger partial charge < -0.3 is 0 Å². The Morgan fingerprint density at radius 3 is 2.33 bits per heavy atom. The summed E-state index contributed by atoms with van der Waals surface area (Å²) in [7, 11) is 0. The predicted molar refractivity (Wildman–Crippen MR) is 122 cm³/mol. The lowest BCUT2D eigenvalue weighted by atomic mass is 10.0. The highest BCUT2D eigenvalue weighted by Crippen LogP contribution is 2.33. The van der Waals surface area contributed by atoms with Gasteiger partial charge in [0.2, 0.25) is 0 Å². The van der Waals surface area contributed by atoms with Crippen LogP contribution in [0.15, 0.2) is 65.7 Å². The zero-order valence-electron chi connectivity index (χ0n) is 16.0. The van der Waals surface area contributed by atoms with Crippen molar-refractivity contribution in [3.05, 3.63) is 88.3 Å². The van der Waals surface area contributed by atoms with Crippen molar-refractivity contribution in [1.82, 2.24) is 0 Å². The standard InChI is InChI=1S/C25H17F2NS2/c26-23-14-19(25-12-10-21(30-25)13-18-3-1-2-4-18)15-24(27)22(23)11-7-17-5-8-20(9-6-17)28-16-29/h1-2,5-6,8-10,12,14-15,18H,3-4,13H2. The predicted octanol–water partition coefficient (Wildman–Crippen LogP) is 7.34. The highest BCUT2D eigenvalue weighted by atomic mass is 32.1. The largest absolute Gasteiger partial charge is 0.205 e. The Labute approximate surface area is 183 Å². The number of isothiocyanates is 1. The summed E-state index contributed by atoms with van der Waals surface area (Å²) in [6, 6.07) is 13.6. The Bertz CT molecular complexity index is 1170. The summed E-state index contributed by atoms with van der Waals surface area (Å²) in [6.07, 6.45) is 7.64. The van der Waals surface area contributed by atoms with E-state index in [1.165, 1.54) is 17.0 Å². The fourth-order valence-corrected chi connectivity index (χ4v) is 4.62. The minimum absolute atomic E-state index is 0.228. The van der Waals surface area contributed by atoms with E-state index in [1.54, 1.807) is 35.6 Å². The number of benzene rings is 2. The summed E-state index contributed by atoms with van der Waals surface area (Å²) in [5.41, 5.74) is 1.59. The van der Waals surface area contributed by atoms with Crippen molar-refractivity contribution in [3.8, 4) is 22.3 Å². The molecule has 0 radical (unpaired) electrons. The Hall–Kier alpha value is -2.90. The molecule has 0 unspecified atom stereocenters. The minimum Gasteiger partial charge on any atom is -0.205 e. The van der Waals surface area contributed by atoms with Crippen LogP contribution in [0.5, 0.6) is 0 Å². The number of hydrogen-bond acceptors (Lipinski definition) is 3. The van der Waals surface area contributed by atoms with Crippen LogP contribution in [0.3, 0.4) is 0 Å². The molecule has 2 aromatic carbocycles. The second kappa shape index (κ2) is 9.28. The number of nitrogens with zero attached hydrogens (tertiary/aromatic N) is 1. The average molecular weight is 434 g/mol. The third-order valence-electron chi connectivity index (χ3n) is 4.96. The first-order valence-electron chi connectivity index (χ1n) is 9.55. The number of rotatable bonds is 4. The van der Waals surface area contributed by atoms with Crippen molar-refractivity contribution in [1.29, 1.82) is 0 Å². The summed E-state index contributed by atoms with van der Waals surface area (Å²) < 4.78 is 29.2. The number of thiocarbonyl (C=S) groups is 1. The number of halogens is 2. The van der Waals surface area contributed by atoms with Crippen molar-refractivity contribution in [2.24, 2.45) is 10.9 Å². The molecule has 0 N–H and O–H groups in total. The lowest BCUT2D eigenvalue weighted by Crippen LogP contribution is -1.96. The lowest BCUT2D eigenvalue weighted by Gasteiger charge is -2.06. The van der Waals surface area contributed by atoms with Gasteiger partial charge in [-0.3, -0.25) is 0 Å². The minimum atomic E-state index is -0.658. The van der Waals surface area contributed by atoms with E-state index in [1.807, 2.05) is 6.07 Å². The molecule has 5 heteroatoms. The number of allylic oxidation sites excluding steroid dienone is 2. The molecule has 0 fully saturated rings. The van der Waals surface area contributed by atoms with Crippen LogP contribution < -0.4 is 0 Å². The summed E-state index contributed by atoms with van der Waals surface area (Å²) in [4.78, 5) is 5.96. The maximum atomic E-state index is 14.6. The Morgan fingerprint density at radius 2 is 1.67 bits per heavy atom. The van der Waals surface area contributed by atoms with Crippen LogP contribution >= 0.6 is 23.6 Å². The van der Waals surface area contributed by atoms with Gasteiger partial charge in [0, 0.05) is 15.3 Å². The van der Waals surface area contributed by atoms with Gasteiger partial charge in [-0.05, 0) is 91.5 Å². The zero-order valence-corrected chi connectivity index (χ0v) is 17.6. The maximum Gasteiger partial charge on any atom is 0.142 e. The van der Waals surface area contributed by atoms with Crippen molar-refractivity contribution < 1.29 is 8.78 Å². The molecule has 0 atom stereocenters. The van der Waals surface area contributed by atoms with Gasteiger partial charge in [0.05, 0.1) is 16.4 Å². The van der Waals surface area contributed by atoms with Gasteiger partial charge in [0.25, 0.3) is 0 Å². The molecule has 0 saturated heterocycles. The van der Waals surface area contributed by atoms with Crippen molar-refractivity contribution in [2.75, 3.05) is 0 Å². The molecule has 1 nitrogen and oxygen atoms in total. The van der Waals surface area contributed by atoms with Crippen LogP contribution in [-0.2, 0) is 6.42 Å². The van der Waals surface area contributed by atoms with Crippen LogP contribution in [0.4, 0.5) is 14.5 Å². The molecule has 0 saturated carbocycles. The summed E-state index contributed by atoms with van der Waals surface area (Å²) >= 11 is 6.15. The first-order chi connectivity index (χ1) is 14.6. The second-order valence-corrected chi connectivity index (χ2v) is 8.44. The normalized spacial score (nSPS) is 13.0. The fraction of sp³-hybridized carbons (Fsp3) is 0.160. The summed E-state index contributed by atoms with van der Waals surface area (Å²) in [6.45, 7) is 0. The molecule has 1 heterocycles. The quantitative estimate of drug-likeness (QED) is 0.181. The number of hydrogen-bond donors (Lipinski definition) is 0. The van der Waals surface area contributed by atoms with E-state index in [0.717, 1.165) is 24.1 Å². The highest BCUT2D eigenvalue weighted by molar-refractivity contribution is 7.78. The van der Waals surface area contributed by atoms with Gasteiger partial charge in [-0.25, -0.2) is 8.78 Å². The zero-order chi connectivity index (χ0) is 20.9. The molecule has 0 amide bonds.